The average molecular weight is 621 g/mol. The van der Waals surface area contributed by atoms with E-state index in [1.807, 2.05) is 24.3 Å². The molecule has 0 saturated carbocycles. The molecule has 3 rings (SSSR count). The summed E-state index contributed by atoms with van der Waals surface area (Å²) in [5.74, 6) is 0.523. The van der Waals surface area contributed by atoms with Crippen LogP contribution in [0.2, 0.25) is 0 Å². The Hall–Kier alpha value is -1.95. The summed E-state index contributed by atoms with van der Waals surface area (Å²) in [6.07, 6.45) is -0.529. The van der Waals surface area contributed by atoms with E-state index in [1.54, 1.807) is 37.4 Å². The summed E-state index contributed by atoms with van der Waals surface area (Å²) in [5.41, 5.74) is 0. The van der Waals surface area contributed by atoms with Crippen LogP contribution < -0.4 is 0 Å². The van der Waals surface area contributed by atoms with Gasteiger partial charge in [0.15, 0.2) is 0 Å². The molecule has 0 aliphatic rings. The van der Waals surface area contributed by atoms with Gasteiger partial charge in [0.25, 0.3) is 0 Å². The number of hydrogen-bond acceptors (Lipinski definition) is 10. The lowest BCUT2D eigenvalue weighted by molar-refractivity contribution is 0.0310. The third-order valence-electron chi connectivity index (χ3n) is 5.27. The van der Waals surface area contributed by atoms with Crippen LogP contribution in [0.1, 0.15) is 53.5 Å². The first kappa shape index (κ1) is 32.6. The quantitative estimate of drug-likeness (QED) is 0.134. The van der Waals surface area contributed by atoms with Gasteiger partial charge in [-0.1, -0.05) is 25.6 Å². The molecule has 0 radical (unpaired) electrons. The second-order valence-electron chi connectivity index (χ2n) is 9.82. The molecule has 2 atom stereocenters. The monoisotopic (exact) mass is 620 g/mol. The predicted molar refractivity (Wildman–Crippen MR) is 165 cm³/mol. The zero-order chi connectivity index (χ0) is 29.1. The largest absolute Gasteiger partial charge is 0.459 e. The third-order valence-corrected chi connectivity index (χ3v) is 9.64. The van der Waals surface area contributed by atoms with E-state index in [2.05, 4.69) is 38.1 Å². The molecular weight excluding hydrogens is 585 g/mol. The SMILES string of the molecule is CC(C)CC(O)CSc1ccc(Sc2ccc(SCC(O)COC(=O)c3ccc(C(=O)OC(C)C)s3)cc2)cc1. The lowest BCUT2D eigenvalue weighted by Gasteiger charge is -2.12. The molecule has 0 aliphatic heterocycles. The van der Waals surface area contributed by atoms with Gasteiger partial charge >= 0.3 is 11.9 Å². The van der Waals surface area contributed by atoms with E-state index < -0.39 is 18.0 Å². The summed E-state index contributed by atoms with van der Waals surface area (Å²) in [5, 5.41) is 20.4. The fraction of sp³-hybridized carbons (Fsp3) is 0.400. The van der Waals surface area contributed by atoms with Gasteiger partial charge in [0.2, 0.25) is 0 Å². The fourth-order valence-corrected chi connectivity index (χ4v) is 6.72. The minimum absolute atomic E-state index is 0.131. The first-order valence-electron chi connectivity index (χ1n) is 13.1. The molecule has 0 fully saturated rings. The molecule has 1 aromatic heterocycles. The van der Waals surface area contributed by atoms with Gasteiger partial charge in [0, 0.05) is 31.1 Å². The normalized spacial score (nSPS) is 12.9. The van der Waals surface area contributed by atoms with Crippen LogP contribution in [-0.2, 0) is 9.47 Å². The number of esters is 2. The van der Waals surface area contributed by atoms with E-state index in [-0.39, 0.29) is 23.7 Å². The lowest BCUT2D eigenvalue weighted by atomic mass is 10.1. The van der Waals surface area contributed by atoms with Crippen LogP contribution in [0.3, 0.4) is 0 Å². The molecule has 0 spiro atoms. The molecule has 0 bridgehead atoms. The van der Waals surface area contributed by atoms with Crippen molar-refractivity contribution in [1.82, 2.24) is 0 Å². The fourth-order valence-electron chi connectivity index (χ4n) is 3.46. The number of benzene rings is 2. The number of carbonyl (C=O) groups excluding carboxylic acids is 2. The van der Waals surface area contributed by atoms with E-state index in [0.29, 0.717) is 22.3 Å². The minimum atomic E-state index is -0.823. The van der Waals surface area contributed by atoms with Crippen molar-refractivity contribution in [3.63, 3.8) is 0 Å². The number of thiophene rings is 1. The molecule has 2 N–H and O–H groups in total. The highest BCUT2D eigenvalue weighted by Gasteiger charge is 2.18. The van der Waals surface area contributed by atoms with Gasteiger partial charge in [-0.15, -0.1) is 34.9 Å². The van der Waals surface area contributed by atoms with Crippen molar-refractivity contribution in [2.24, 2.45) is 5.92 Å². The van der Waals surface area contributed by atoms with Crippen molar-refractivity contribution >= 4 is 58.6 Å². The molecule has 10 heteroatoms. The topological polar surface area (TPSA) is 93.1 Å². The maximum atomic E-state index is 12.3. The van der Waals surface area contributed by atoms with E-state index in [0.717, 1.165) is 37.3 Å². The van der Waals surface area contributed by atoms with Gasteiger partial charge in [-0.25, -0.2) is 9.59 Å². The van der Waals surface area contributed by atoms with E-state index in [1.165, 1.54) is 23.9 Å². The van der Waals surface area contributed by atoms with Crippen molar-refractivity contribution in [3.8, 4) is 0 Å². The highest BCUT2D eigenvalue weighted by molar-refractivity contribution is 8.00. The third kappa shape index (κ3) is 11.5. The van der Waals surface area contributed by atoms with Gasteiger partial charge in [-0.3, -0.25) is 0 Å². The highest BCUT2D eigenvalue weighted by atomic mass is 32.2. The summed E-state index contributed by atoms with van der Waals surface area (Å²) in [6.45, 7) is 7.63. The number of ether oxygens (including phenoxy) is 2. The molecule has 0 saturated heterocycles. The number of aliphatic hydroxyl groups excluding tert-OH is 2. The van der Waals surface area contributed by atoms with Gasteiger partial charge < -0.3 is 19.7 Å². The van der Waals surface area contributed by atoms with Crippen molar-refractivity contribution in [3.05, 3.63) is 70.4 Å². The lowest BCUT2D eigenvalue weighted by Crippen LogP contribution is -2.20. The van der Waals surface area contributed by atoms with Crippen LogP contribution in [0.25, 0.3) is 0 Å². The molecule has 1 heterocycles. The molecule has 6 nitrogen and oxygen atoms in total. The Bertz CT molecular complexity index is 1210. The standard InChI is InChI=1S/C30H36O6S4/c1-19(2)15-21(31)17-37-23-5-9-25(10-6-23)39-26-11-7-24(8-12-26)38-18-22(32)16-35-29(33)27-13-14-28(40-27)30(34)36-20(3)4/h5-14,19-22,31-32H,15-18H2,1-4H3. The van der Waals surface area contributed by atoms with Crippen LogP contribution in [0, 0.1) is 5.92 Å². The first-order valence-corrected chi connectivity index (χ1v) is 16.7. The zero-order valence-electron chi connectivity index (χ0n) is 23.1. The summed E-state index contributed by atoms with van der Waals surface area (Å²) in [7, 11) is 0. The van der Waals surface area contributed by atoms with Crippen molar-refractivity contribution in [1.29, 1.82) is 0 Å². The molecular formula is C30H36O6S4. The van der Waals surface area contributed by atoms with Gasteiger partial charge in [-0.2, -0.15) is 0 Å². The predicted octanol–water partition coefficient (Wildman–Crippen LogP) is 7.27. The van der Waals surface area contributed by atoms with Crippen molar-refractivity contribution in [2.75, 3.05) is 18.1 Å². The molecule has 216 valence electrons. The molecule has 40 heavy (non-hydrogen) atoms. The Kier molecular flexibility index (Phi) is 13.4. The van der Waals surface area contributed by atoms with Crippen molar-refractivity contribution in [2.45, 2.75) is 72.0 Å². The van der Waals surface area contributed by atoms with Gasteiger partial charge in [0.1, 0.15) is 16.4 Å². The van der Waals surface area contributed by atoms with Gasteiger partial charge in [-0.05, 0) is 86.8 Å². The Morgan fingerprint density at radius 3 is 1.70 bits per heavy atom. The second-order valence-corrected chi connectivity index (χ2v) is 14.2. The number of rotatable bonds is 15. The zero-order valence-corrected chi connectivity index (χ0v) is 26.3. The molecule has 2 unspecified atom stereocenters. The molecule has 2 aromatic carbocycles. The van der Waals surface area contributed by atoms with Crippen molar-refractivity contribution < 1.29 is 29.3 Å². The summed E-state index contributed by atoms with van der Waals surface area (Å²) in [6, 6.07) is 19.5. The van der Waals surface area contributed by atoms with Gasteiger partial charge in [0.05, 0.1) is 18.3 Å². The number of carbonyl (C=O) groups is 2. The highest BCUT2D eigenvalue weighted by Crippen LogP contribution is 2.31. The Balaban J connectivity index is 1.38. The van der Waals surface area contributed by atoms with Crippen LogP contribution in [0.4, 0.5) is 0 Å². The molecule has 0 aliphatic carbocycles. The smallest absolute Gasteiger partial charge is 0.348 e. The Morgan fingerprint density at radius 2 is 1.20 bits per heavy atom. The van der Waals surface area contributed by atoms with Crippen LogP contribution in [-0.4, -0.2) is 58.6 Å². The van der Waals surface area contributed by atoms with Crippen LogP contribution >= 0.6 is 46.6 Å². The summed E-state index contributed by atoms with van der Waals surface area (Å²) >= 11 is 5.85. The molecule has 3 aromatic rings. The summed E-state index contributed by atoms with van der Waals surface area (Å²) in [4.78, 5) is 29.3. The Morgan fingerprint density at radius 1 is 0.725 bits per heavy atom. The molecule has 0 amide bonds. The van der Waals surface area contributed by atoms with E-state index >= 15 is 0 Å². The maximum absolute atomic E-state index is 12.3. The second kappa shape index (κ2) is 16.5. The maximum Gasteiger partial charge on any atom is 0.348 e. The minimum Gasteiger partial charge on any atom is -0.459 e. The number of hydrogen-bond donors (Lipinski definition) is 2. The average Bonchev–Trinajstić information content (AvgIpc) is 3.41. The van der Waals surface area contributed by atoms with E-state index in [9.17, 15) is 19.8 Å². The summed E-state index contributed by atoms with van der Waals surface area (Å²) < 4.78 is 10.4. The van der Waals surface area contributed by atoms with E-state index in [4.69, 9.17) is 9.47 Å². The van der Waals surface area contributed by atoms with Crippen LogP contribution in [0.15, 0.2) is 80.2 Å². The van der Waals surface area contributed by atoms with Crippen LogP contribution in [0.5, 0.6) is 0 Å². The Labute approximate surface area is 253 Å². The number of aliphatic hydroxyl groups is 2. The number of thioether (sulfide) groups is 2. The first-order chi connectivity index (χ1) is 19.1.